The van der Waals surface area contributed by atoms with Crippen LogP contribution >= 0.6 is 0 Å². The van der Waals surface area contributed by atoms with Crippen LogP contribution in [0.5, 0.6) is 0 Å². The number of halogens is 1. The van der Waals surface area contributed by atoms with E-state index in [1.54, 1.807) is 30.3 Å². The molecule has 0 atom stereocenters. The van der Waals surface area contributed by atoms with E-state index in [0.29, 0.717) is 24.4 Å². The van der Waals surface area contributed by atoms with Crippen molar-refractivity contribution in [2.75, 3.05) is 13.1 Å². The highest BCUT2D eigenvalue weighted by Gasteiger charge is 2.13. The summed E-state index contributed by atoms with van der Waals surface area (Å²) >= 11 is 0. The first-order chi connectivity index (χ1) is 9.72. The van der Waals surface area contributed by atoms with E-state index >= 15 is 0 Å². The van der Waals surface area contributed by atoms with Gasteiger partial charge in [0.1, 0.15) is 11.6 Å². The Hall–Kier alpha value is -2.14. The first-order valence-corrected chi connectivity index (χ1v) is 6.55. The van der Waals surface area contributed by atoms with Crippen molar-refractivity contribution >= 4 is 5.91 Å². The number of hydrogen-bond donors (Lipinski definition) is 2. The van der Waals surface area contributed by atoms with Crippen LogP contribution in [-0.2, 0) is 0 Å². The third kappa shape index (κ3) is 3.45. The number of rotatable bonds is 6. The average Bonchev–Trinajstić information content (AvgIpc) is 2.93. The molecule has 0 bridgehead atoms. The molecule has 2 aromatic rings. The van der Waals surface area contributed by atoms with Crippen LogP contribution < -0.4 is 11.1 Å². The van der Waals surface area contributed by atoms with Gasteiger partial charge in [-0.25, -0.2) is 4.39 Å². The number of unbranched alkanes of at least 4 members (excludes halogenated alkanes) is 1. The number of nitrogens with one attached hydrogen (secondary N) is 1. The van der Waals surface area contributed by atoms with Gasteiger partial charge in [-0.1, -0.05) is 12.1 Å². The molecule has 0 aliphatic rings. The quantitative estimate of drug-likeness (QED) is 0.797. The first kappa shape index (κ1) is 14.3. The van der Waals surface area contributed by atoms with Crippen molar-refractivity contribution in [3.8, 4) is 11.3 Å². The van der Waals surface area contributed by atoms with Crippen molar-refractivity contribution in [2.24, 2.45) is 5.73 Å². The zero-order chi connectivity index (χ0) is 14.4. The summed E-state index contributed by atoms with van der Waals surface area (Å²) < 4.78 is 19.0. The van der Waals surface area contributed by atoms with E-state index in [1.165, 1.54) is 6.07 Å². The highest BCUT2D eigenvalue weighted by atomic mass is 19.1. The van der Waals surface area contributed by atoms with Crippen LogP contribution in [0, 0.1) is 5.82 Å². The van der Waals surface area contributed by atoms with Crippen LogP contribution in [0.15, 0.2) is 40.8 Å². The Kier molecular flexibility index (Phi) is 4.90. The van der Waals surface area contributed by atoms with E-state index in [2.05, 4.69) is 5.32 Å². The first-order valence-electron chi connectivity index (χ1n) is 6.55. The van der Waals surface area contributed by atoms with E-state index in [9.17, 15) is 9.18 Å². The van der Waals surface area contributed by atoms with Crippen molar-refractivity contribution < 1.29 is 13.6 Å². The van der Waals surface area contributed by atoms with Gasteiger partial charge in [0.05, 0.1) is 5.56 Å². The lowest BCUT2D eigenvalue weighted by Crippen LogP contribution is -2.24. The fourth-order valence-electron chi connectivity index (χ4n) is 1.82. The number of carbonyl (C=O) groups is 1. The van der Waals surface area contributed by atoms with Gasteiger partial charge in [-0.05, 0) is 43.7 Å². The molecule has 1 amide bonds. The van der Waals surface area contributed by atoms with Gasteiger partial charge >= 0.3 is 0 Å². The van der Waals surface area contributed by atoms with Crippen molar-refractivity contribution in [3.05, 3.63) is 48.0 Å². The van der Waals surface area contributed by atoms with Gasteiger partial charge < -0.3 is 15.5 Å². The van der Waals surface area contributed by atoms with Gasteiger partial charge in [0, 0.05) is 6.54 Å². The molecule has 106 valence electrons. The number of amides is 1. The summed E-state index contributed by atoms with van der Waals surface area (Å²) in [5, 5.41) is 2.73. The van der Waals surface area contributed by atoms with Gasteiger partial charge in [0.15, 0.2) is 5.76 Å². The molecule has 1 heterocycles. The van der Waals surface area contributed by atoms with Crippen LogP contribution in [0.25, 0.3) is 11.3 Å². The predicted molar refractivity (Wildman–Crippen MR) is 74.7 cm³/mol. The van der Waals surface area contributed by atoms with E-state index in [1.807, 2.05) is 0 Å². The number of furan rings is 1. The lowest BCUT2D eigenvalue weighted by molar-refractivity contribution is 0.0926. The number of carbonyl (C=O) groups excluding carboxylic acids is 1. The Morgan fingerprint density at radius 2 is 2.00 bits per heavy atom. The SMILES string of the molecule is NCCCCNC(=O)c1ccc(-c2ccccc2F)o1. The molecular formula is C15H17FN2O2. The Balaban J connectivity index is 2.02. The lowest BCUT2D eigenvalue weighted by atomic mass is 10.1. The normalized spacial score (nSPS) is 10.5. The summed E-state index contributed by atoms with van der Waals surface area (Å²) in [5.41, 5.74) is 5.71. The van der Waals surface area contributed by atoms with E-state index in [-0.39, 0.29) is 17.5 Å². The third-order valence-electron chi connectivity index (χ3n) is 2.89. The van der Waals surface area contributed by atoms with Crippen LogP contribution in [0.2, 0.25) is 0 Å². The largest absolute Gasteiger partial charge is 0.451 e. The second-order valence-electron chi connectivity index (χ2n) is 4.40. The fraction of sp³-hybridized carbons (Fsp3) is 0.267. The molecule has 2 rings (SSSR count). The zero-order valence-electron chi connectivity index (χ0n) is 11.1. The van der Waals surface area contributed by atoms with Crippen LogP contribution in [0.4, 0.5) is 4.39 Å². The molecule has 0 aliphatic heterocycles. The summed E-state index contributed by atoms with van der Waals surface area (Å²) in [4.78, 5) is 11.8. The van der Waals surface area contributed by atoms with Gasteiger partial charge in [-0.2, -0.15) is 0 Å². The Morgan fingerprint density at radius 1 is 1.20 bits per heavy atom. The second kappa shape index (κ2) is 6.86. The maximum absolute atomic E-state index is 13.6. The van der Waals surface area contributed by atoms with E-state index in [0.717, 1.165) is 12.8 Å². The van der Waals surface area contributed by atoms with Crippen molar-refractivity contribution in [1.82, 2.24) is 5.32 Å². The van der Waals surface area contributed by atoms with Gasteiger partial charge in [0.25, 0.3) is 5.91 Å². The summed E-state index contributed by atoms with van der Waals surface area (Å²) in [7, 11) is 0. The molecule has 0 fully saturated rings. The predicted octanol–water partition coefficient (Wildman–Crippen LogP) is 2.55. The minimum Gasteiger partial charge on any atom is -0.451 e. The molecule has 3 N–H and O–H groups in total. The van der Waals surface area contributed by atoms with Crippen LogP contribution in [0.1, 0.15) is 23.4 Å². The number of hydrogen-bond acceptors (Lipinski definition) is 3. The van der Waals surface area contributed by atoms with Crippen molar-refractivity contribution in [3.63, 3.8) is 0 Å². The van der Waals surface area contributed by atoms with E-state index in [4.69, 9.17) is 10.2 Å². The smallest absolute Gasteiger partial charge is 0.287 e. The van der Waals surface area contributed by atoms with Crippen molar-refractivity contribution in [1.29, 1.82) is 0 Å². The molecule has 0 radical (unpaired) electrons. The minimum absolute atomic E-state index is 0.177. The molecule has 20 heavy (non-hydrogen) atoms. The molecule has 0 unspecified atom stereocenters. The topological polar surface area (TPSA) is 68.3 Å². The summed E-state index contributed by atoms with van der Waals surface area (Å²) in [6.07, 6.45) is 1.68. The highest BCUT2D eigenvalue weighted by molar-refractivity contribution is 5.92. The Morgan fingerprint density at radius 3 is 2.75 bits per heavy atom. The van der Waals surface area contributed by atoms with Crippen LogP contribution in [0.3, 0.4) is 0 Å². The standard InChI is InChI=1S/C15H17FN2O2/c16-12-6-2-1-5-11(12)13-7-8-14(20-13)15(19)18-10-4-3-9-17/h1-2,5-8H,3-4,9-10,17H2,(H,18,19). The zero-order valence-corrected chi connectivity index (χ0v) is 11.1. The lowest BCUT2D eigenvalue weighted by Gasteiger charge is -2.02. The van der Waals surface area contributed by atoms with Gasteiger partial charge in [0.2, 0.25) is 0 Å². The summed E-state index contributed by atoms with van der Waals surface area (Å²) in [6, 6.07) is 9.41. The Labute approximate surface area is 116 Å². The van der Waals surface area contributed by atoms with Crippen molar-refractivity contribution in [2.45, 2.75) is 12.8 Å². The fourth-order valence-corrected chi connectivity index (χ4v) is 1.82. The number of benzene rings is 1. The monoisotopic (exact) mass is 276 g/mol. The van der Waals surface area contributed by atoms with E-state index < -0.39 is 0 Å². The molecule has 1 aromatic heterocycles. The molecular weight excluding hydrogens is 259 g/mol. The maximum atomic E-state index is 13.6. The molecule has 0 aliphatic carbocycles. The molecule has 5 heteroatoms. The maximum Gasteiger partial charge on any atom is 0.287 e. The number of nitrogens with two attached hydrogens (primary N) is 1. The minimum atomic E-state index is -0.378. The molecule has 4 nitrogen and oxygen atoms in total. The summed E-state index contributed by atoms with van der Waals surface area (Å²) in [5.74, 6) is -0.160. The van der Waals surface area contributed by atoms with Gasteiger partial charge in [-0.15, -0.1) is 0 Å². The second-order valence-corrected chi connectivity index (χ2v) is 4.40. The molecule has 1 aromatic carbocycles. The molecule has 0 saturated carbocycles. The van der Waals surface area contributed by atoms with Crippen LogP contribution in [-0.4, -0.2) is 19.0 Å². The Bertz CT molecular complexity index is 581. The molecule has 0 saturated heterocycles. The summed E-state index contributed by atoms with van der Waals surface area (Å²) in [6.45, 7) is 1.15. The third-order valence-corrected chi connectivity index (χ3v) is 2.89. The molecule has 0 spiro atoms. The van der Waals surface area contributed by atoms with Gasteiger partial charge in [-0.3, -0.25) is 4.79 Å². The average molecular weight is 276 g/mol. The highest BCUT2D eigenvalue weighted by Crippen LogP contribution is 2.24.